The molecule has 0 saturated carbocycles. The van der Waals surface area contributed by atoms with Gasteiger partial charge in [0.1, 0.15) is 0 Å². The smallest absolute Gasteiger partial charge is 0.243 e. The summed E-state index contributed by atoms with van der Waals surface area (Å²) in [5.41, 5.74) is 2.70. The van der Waals surface area contributed by atoms with E-state index < -0.39 is 0 Å². The molecule has 0 unspecified atom stereocenters. The molecule has 14 heavy (non-hydrogen) atoms. The number of carbonyl (C=O) groups excluding carboxylic acids is 1. The van der Waals surface area contributed by atoms with Gasteiger partial charge in [-0.3, -0.25) is 10.0 Å². The maximum atomic E-state index is 10.6. The fraction of sp³-hybridized carbons (Fsp3) is 0.182. The van der Waals surface area contributed by atoms with Crippen LogP contribution in [0.3, 0.4) is 0 Å². The Morgan fingerprint density at radius 3 is 2.71 bits per heavy atom. The van der Waals surface area contributed by atoms with Crippen molar-refractivity contribution < 1.29 is 10.0 Å². The van der Waals surface area contributed by atoms with Gasteiger partial charge in [0.2, 0.25) is 5.91 Å². The highest BCUT2D eigenvalue weighted by Crippen LogP contribution is 2.02. The number of hydrogen-bond donors (Lipinski definition) is 2. The summed E-state index contributed by atoms with van der Waals surface area (Å²) in [6.45, 7) is 0. The maximum Gasteiger partial charge on any atom is 0.243 e. The molecule has 0 saturated heterocycles. The van der Waals surface area contributed by atoms with Gasteiger partial charge in [-0.25, -0.2) is 5.48 Å². The van der Waals surface area contributed by atoms with E-state index >= 15 is 0 Å². The van der Waals surface area contributed by atoms with Crippen molar-refractivity contribution in [2.75, 3.05) is 0 Å². The molecule has 0 aromatic heterocycles. The predicted molar refractivity (Wildman–Crippen MR) is 54.6 cm³/mol. The van der Waals surface area contributed by atoms with Gasteiger partial charge in [0, 0.05) is 6.42 Å². The van der Waals surface area contributed by atoms with Gasteiger partial charge in [0.25, 0.3) is 0 Å². The zero-order valence-electron chi connectivity index (χ0n) is 7.81. The Balaban J connectivity index is 2.31. The van der Waals surface area contributed by atoms with Crippen LogP contribution in [0.1, 0.15) is 18.4 Å². The van der Waals surface area contributed by atoms with Crippen molar-refractivity contribution >= 4 is 12.0 Å². The first-order valence-corrected chi connectivity index (χ1v) is 4.47. The second kappa shape index (κ2) is 5.94. The molecule has 1 aromatic rings. The average molecular weight is 191 g/mol. The maximum absolute atomic E-state index is 10.6. The largest absolute Gasteiger partial charge is 0.289 e. The van der Waals surface area contributed by atoms with Gasteiger partial charge in [-0.05, 0) is 12.0 Å². The van der Waals surface area contributed by atoms with E-state index in [1.807, 2.05) is 42.5 Å². The van der Waals surface area contributed by atoms with Crippen molar-refractivity contribution in [3.05, 3.63) is 42.0 Å². The van der Waals surface area contributed by atoms with Crippen molar-refractivity contribution in [1.82, 2.24) is 5.48 Å². The van der Waals surface area contributed by atoms with Crippen molar-refractivity contribution in [3.63, 3.8) is 0 Å². The summed E-state index contributed by atoms with van der Waals surface area (Å²) in [7, 11) is 0. The van der Waals surface area contributed by atoms with E-state index in [1.165, 1.54) is 0 Å². The molecule has 3 nitrogen and oxygen atoms in total. The Morgan fingerprint density at radius 2 is 2.07 bits per heavy atom. The SMILES string of the molecule is O=C(CCC=Cc1ccccc1)NO. The van der Waals surface area contributed by atoms with Gasteiger partial charge in [-0.15, -0.1) is 0 Å². The average Bonchev–Trinajstić information content (AvgIpc) is 2.25. The van der Waals surface area contributed by atoms with Crippen LogP contribution < -0.4 is 5.48 Å². The molecule has 3 heteroatoms. The van der Waals surface area contributed by atoms with Gasteiger partial charge in [-0.2, -0.15) is 0 Å². The third-order valence-electron chi connectivity index (χ3n) is 1.77. The Morgan fingerprint density at radius 1 is 1.36 bits per heavy atom. The normalized spacial score (nSPS) is 10.4. The van der Waals surface area contributed by atoms with Crippen LogP contribution in [0.15, 0.2) is 36.4 Å². The molecular weight excluding hydrogens is 178 g/mol. The monoisotopic (exact) mass is 191 g/mol. The van der Waals surface area contributed by atoms with Crippen LogP contribution >= 0.6 is 0 Å². The lowest BCUT2D eigenvalue weighted by Crippen LogP contribution is -2.17. The Kier molecular flexibility index (Phi) is 4.44. The lowest BCUT2D eigenvalue weighted by Gasteiger charge is -1.94. The van der Waals surface area contributed by atoms with E-state index in [2.05, 4.69) is 0 Å². The standard InChI is InChI=1S/C11H13NO2/c13-11(12-14)9-5-4-8-10-6-2-1-3-7-10/h1-4,6-8,14H,5,9H2,(H,12,13). The molecule has 0 bridgehead atoms. The summed E-state index contributed by atoms with van der Waals surface area (Å²) in [6, 6.07) is 9.85. The predicted octanol–water partition coefficient (Wildman–Crippen LogP) is 1.99. The van der Waals surface area contributed by atoms with Crippen LogP contribution in [-0.2, 0) is 4.79 Å². The molecule has 0 spiro atoms. The first kappa shape index (κ1) is 10.5. The molecule has 0 heterocycles. The highest BCUT2D eigenvalue weighted by atomic mass is 16.5. The molecule has 0 atom stereocenters. The summed E-state index contributed by atoms with van der Waals surface area (Å²) in [5, 5.41) is 8.23. The third kappa shape index (κ3) is 3.87. The van der Waals surface area contributed by atoms with E-state index in [-0.39, 0.29) is 5.91 Å². The minimum atomic E-state index is -0.359. The van der Waals surface area contributed by atoms with Crippen LogP contribution in [0.25, 0.3) is 6.08 Å². The van der Waals surface area contributed by atoms with E-state index in [0.717, 1.165) is 5.56 Å². The highest BCUT2D eigenvalue weighted by molar-refractivity contribution is 5.74. The second-order valence-electron chi connectivity index (χ2n) is 2.89. The molecule has 1 rings (SSSR count). The van der Waals surface area contributed by atoms with Crippen molar-refractivity contribution in [3.8, 4) is 0 Å². The van der Waals surface area contributed by atoms with Gasteiger partial charge < -0.3 is 0 Å². The topological polar surface area (TPSA) is 49.3 Å². The molecule has 0 aliphatic rings. The number of carbonyl (C=O) groups is 1. The summed E-state index contributed by atoms with van der Waals surface area (Å²) < 4.78 is 0. The zero-order valence-corrected chi connectivity index (χ0v) is 7.81. The van der Waals surface area contributed by atoms with Crippen molar-refractivity contribution in [2.24, 2.45) is 0 Å². The summed E-state index contributed by atoms with van der Waals surface area (Å²) in [5.74, 6) is -0.359. The molecule has 0 radical (unpaired) electrons. The summed E-state index contributed by atoms with van der Waals surface area (Å²) >= 11 is 0. The van der Waals surface area contributed by atoms with E-state index in [1.54, 1.807) is 5.48 Å². The van der Waals surface area contributed by atoms with Crippen LogP contribution in [0, 0.1) is 0 Å². The summed E-state index contributed by atoms with van der Waals surface area (Å²) in [6.07, 6.45) is 4.79. The Labute approximate surface area is 83.0 Å². The van der Waals surface area contributed by atoms with Gasteiger partial charge in [0.15, 0.2) is 0 Å². The highest BCUT2D eigenvalue weighted by Gasteiger charge is 1.94. The minimum absolute atomic E-state index is 0.305. The van der Waals surface area contributed by atoms with E-state index in [0.29, 0.717) is 12.8 Å². The number of benzene rings is 1. The minimum Gasteiger partial charge on any atom is -0.289 e. The second-order valence-corrected chi connectivity index (χ2v) is 2.89. The molecule has 1 amide bonds. The Bertz CT molecular complexity index is 306. The Hall–Kier alpha value is -1.61. The van der Waals surface area contributed by atoms with Gasteiger partial charge in [-0.1, -0.05) is 42.5 Å². The van der Waals surface area contributed by atoms with Crippen LogP contribution in [0.2, 0.25) is 0 Å². The summed E-state index contributed by atoms with van der Waals surface area (Å²) in [4.78, 5) is 10.6. The number of hydroxylamine groups is 1. The van der Waals surface area contributed by atoms with Crippen molar-refractivity contribution in [1.29, 1.82) is 0 Å². The fourth-order valence-corrected chi connectivity index (χ4v) is 1.05. The molecule has 74 valence electrons. The lowest BCUT2D eigenvalue weighted by atomic mass is 10.2. The molecule has 0 fully saturated rings. The van der Waals surface area contributed by atoms with Crippen LogP contribution in [0.5, 0.6) is 0 Å². The van der Waals surface area contributed by atoms with Crippen molar-refractivity contribution in [2.45, 2.75) is 12.8 Å². The number of hydrogen-bond acceptors (Lipinski definition) is 2. The number of rotatable bonds is 4. The number of nitrogens with one attached hydrogen (secondary N) is 1. The molecule has 1 aromatic carbocycles. The van der Waals surface area contributed by atoms with Gasteiger partial charge >= 0.3 is 0 Å². The quantitative estimate of drug-likeness (QED) is 0.564. The molecular formula is C11H13NO2. The zero-order chi connectivity index (χ0) is 10.2. The number of amides is 1. The van der Waals surface area contributed by atoms with Crippen LogP contribution in [-0.4, -0.2) is 11.1 Å². The van der Waals surface area contributed by atoms with E-state index in [4.69, 9.17) is 5.21 Å². The first-order chi connectivity index (χ1) is 6.83. The molecule has 0 aliphatic carbocycles. The lowest BCUT2D eigenvalue weighted by molar-refractivity contribution is -0.129. The van der Waals surface area contributed by atoms with Crippen LogP contribution in [0.4, 0.5) is 0 Å². The number of allylic oxidation sites excluding steroid dienone is 1. The third-order valence-corrected chi connectivity index (χ3v) is 1.77. The first-order valence-electron chi connectivity index (χ1n) is 4.47. The van der Waals surface area contributed by atoms with E-state index in [9.17, 15) is 4.79 Å². The molecule has 2 N–H and O–H groups in total. The fourth-order valence-electron chi connectivity index (χ4n) is 1.05. The van der Waals surface area contributed by atoms with Gasteiger partial charge in [0.05, 0.1) is 0 Å². The molecule has 0 aliphatic heterocycles.